The molecule has 2 aromatic carbocycles. The summed E-state index contributed by atoms with van der Waals surface area (Å²) in [5.74, 6) is 0.268. The van der Waals surface area contributed by atoms with E-state index in [2.05, 4.69) is 49.6 Å². The summed E-state index contributed by atoms with van der Waals surface area (Å²) in [6, 6.07) is 17.0. The fourth-order valence-corrected chi connectivity index (χ4v) is 12.5. The monoisotopic (exact) mass is 371 g/mol. The molecule has 2 aromatic rings. The third kappa shape index (κ3) is 5.66. The van der Waals surface area contributed by atoms with E-state index in [9.17, 15) is 4.79 Å². The molecule has 0 bridgehead atoms. The summed E-state index contributed by atoms with van der Waals surface area (Å²) in [6.45, 7) is 15.2. The molecule has 0 spiro atoms. The Labute approximate surface area is 153 Å². The predicted molar refractivity (Wildman–Crippen MR) is 110 cm³/mol. The minimum absolute atomic E-state index is 0.305. The van der Waals surface area contributed by atoms with Crippen LogP contribution in [0.5, 0.6) is 5.75 Å². The predicted octanol–water partition coefficient (Wildman–Crippen LogP) is 5.38. The first kappa shape index (κ1) is 19.6. The van der Waals surface area contributed by atoms with Crippen LogP contribution in [0, 0.1) is 0 Å². The number of benzene rings is 2. The third-order valence-corrected chi connectivity index (χ3v) is 11.7. The molecule has 5 heteroatoms. The Kier molecular flexibility index (Phi) is 6.03. The van der Waals surface area contributed by atoms with Crippen LogP contribution in [0.25, 0.3) is 0 Å². The van der Waals surface area contributed by atoms with Crippen molar-refractivity contribution in [2.45, 2.75) is 45.8 Å². The number of nitrogens with zero attached hydrogens (tertiary/aromatic N) is 1. The number of hydrogen-bond acceptors (Lipinski definition) is 3. The van der Waals surface area contributed by atoms with E-state index in [1.807, 2.05) is 36.4 Å². The van der Waals surface area contributed by atoms with Crippen LogP contribution in [-0.2, 0) is 6.54 Å². The molecule has 0 saturated carbocycles. The van der Waals surface area contributed by atoms with Gasteiger partial charge in [0.15, 0.2) is 0 Å². The number of ether oxygens (including phenoxy) is 1. The molecular weight excluding hydrogens is 342 g/mol. The average Bonchev–Trinajstić information content (AvgIpc) is 2.52. The van der Waals surface area contributed by atoms with Gasteiger partial charge in [-0.05, 0) is 29.8 Å². The van der Waals surface area contributed by atoms with Crippen LogP contribution in [0.1, 0.15) is 15.9 Å². The molecule has 0 saturated heterocycles. The van der Waals surface area contributed by atoms with Gasteiger partial charge >= 0.3 is 5.97 Å². The first-order valence-electron chi connectivity index (χ1n) is 8.71. The lowest BCUT2D eigenvalue weighted by atomic mass is 10.1. The highest BCUT2D eigenvalue weighted by Gasteiger charge is 2.34. The van der Waals surface area contributed by atoms with Crippen LogP contribution in [0.3, 0.4) is 0 Å². The largest absolute Gasteiger partial charge is 0.423 e. The molecule has 2 rings (SSSR count). The molecule has 134 valence electrons. The van der Waals surface area contributed by atoms with E-state index in [0.29, 0.717) is 11.3 Å². The summed E-state index contributed by atoms with van der Waals surface area (Å²) in [7, 11) is -2.86. The molecule has 0 N–H and O–H groups in total. The topological polar surface area (TPSA) is 29.5 Å². The lowest BCUT2D eigenvalue weighted by Crippen LogP contribution is -2.58. The minimum atomic E-state index is -1.43. The van der Waals surface area contributed by atoms with E-state index < -0.39 is 16.5 Å². The molecule has 25 heavy (non-hydrogen) atoms. The van der Waals surface area contributed by atoms with Gasteiger partial charge in [-0.25, -0.2) is 4.79 Å². The molecule has 0 amide bonds. The van der Waals surface area contributed by atoms with E-state index in [4.69, 9.17) is 4.74 Å². The van der Waals surface area contributed by atoms with Crippen LogP contribution < -0.4 is 4.74 Å². The van der Waals surface area contributed by atoms with Crippen molar-refractivity contribution in [1.29, 1.82) is 0 Å². The van der Waals surface area contributed by atoms with Crippen LogP contribution >= 0.6 is 0 Å². The van der Waals surface area contributed by atoms with Crippen molar-refractivity contribution in [2.75, 3.05) is 0 Å². The summed E-state index contributed by atoms with van der Waals surface area (Å²) in [4.78, 5) is 12.4. The van der Waals surface area contributed by atoms with Gasteiger partial charge in [-0.15, -0.1) is 0 Å². The normalized spacial score (nSPS) is 12.3. The highest BCUT2D eigenvalue weighted by molar-refractivity contribution is 6.89. The molecule has 0 radical (unpaired) electrons. The van der Waals surface area contributed by atoms with Crippen molar-refractivity contribution in [3.8, 4) is 5.75 Å². The number of carbonyl (C=O) groups is 1. The van der Waals surface area contributed by atoms with Crippen molar-refractivity contribution in [2.24, 2.45) is 0 Å². The maximum atomic E-state index is 12.4. The Balaban J connectivity index is 2.19. The minimum Gasteiger partial charge on any atom is -0.423 e. The quantitative estimate of drug-likeness (QED) is 0.388. The van der Waals surface area contributed by atoms with E-state index in [-0.39, 0.29) is 5.97 Å². The SMILES string of the molecule is C[Si](C)(C)N(Cc1cccc(C(=O)Oc2ccccc2)c1)[Si](C)(C)C. The number of hydrogen-bond donors (Lipinski definition) is 0. The molecule has 0 unspecified atom stereocenters. The third-order valence-electron chi connectivity index (χ3n) is 4.08. The lowest BCUT2D eigenvalue weighted by molar-refractivity contribution is 0.0734. The van der Waals surface area contributed by atoms with Gasteiger partial charge in [0.2, 0.25) is 0 Å². The fraction of sp³-hybridized carbons (Fsp3) is 0.350. The Hall–Kier alpha value is -1.70. The van der Waals surface area contributed by atoms with Gasteiger partial charge in [0.1, 0.15) is 22.2 Å². The summed E-state index contributed by atoms with van der Waals surface area (Å²) in [6.07, 6.45) is 0. The van der Waals surface area contributed by atoms with Crippen molar-refractivity contribution in [3.63, 3.8) is 0 Å². The summed E-state index contributed by atoms with van der Waals surface area (Å²) >= 11 is 0. The Morgan fingerprint density at radius 2 is 1.48 bits per heavy atom. The molecule has 0 aromatic heterocycles. The zero-order chi connectivity index (χ0) is 18.7. The second-order valence-electron chi connectivity index (χ2n) is 8.33. The van der Waals surface area contributed by atoms with Gasteiger partial charge in [-0.2, -0.15) is 0 Å². The fourth-order valence-electron chi connectivity index (χ4n) is 3.11. The molecule has 0 aliphatic carbocycles. The number of esters is 1. The van der Waals surface area contributed by atoms with Crippen LogP contribution in [0.4, 0.5) is 0 Å². The molecule has 0 atom stereocenters. The van der Waals surface area contributed by atoms with Gasteiger partial charge in [0.05, 0.1) is 5.56 Å². The highest BCUT2D eigenvalue weighted by atomic mass is 28.4. The summed E-state index contributed by atoms with van der Waals surface area (Å²) in [5.41, 5.74) is 1.78. The standard InChI is InChI=1S/C20H29NO2Si2/c1-24(2,3)21(25(4,5)6)16-17-11-10-12-18(15-17)20(22)23-19-13-8-7-9-14-19/h7-15H,16H2,1-6H3. The van der Waals surface area contributed by atoms with E-state index in [0.717, 1.165) is 6.54 Å². The van der Waals surface area contributed by atoms with E-state index >= 15 is 0 Å². The van der Waals surface area contributed by atoms with Gasteiger partial charge in [0.25, 0.3) is 0 Å². The molecule has 3 nitrogen and oxygen atoms in total. The summed E-state index contributed by atoms with van der Waals surface area (Å²) < 4.78 is 8.17. The van der Waals surface area contributed by atoms with Gasteiger partial charge < -0.3 is 8.97 Å². The van der Waals surface area contributed by atoms with Crippen molar-refractivity contribution in [1.82, 2.24) is 4.23 Å². The lowest BCUT2D eigenvalue weighted by Gasteiger charge is -2.43. The maximum absolute atomic E-state index is 12.4. The first-order chi connectivity index (χ1) is 11.6. The Morgan fingerprint density at radius 3 is 2.04 bits per heavy atom. The molecule has 0 heterocycles. The van der Waals surface area contributed by atoms with Crippen molar-refractivity contribution < 1.29 is 9.53 Å². The number of carbonyl (C=O) groups excluding carboxylic acids is 1. The summed E-state index contributed by atoms with van der Waals surface area (Å²) in [5, 5.41) is 0. The highest BCUT2D eigenvalue weighted by Crippen LogP contribution is 2.23. The average molecular weight is 372 g/mol. The maximum Gasteiger partial charge on any atom is 0.343 e. The van der Waals surface area contributed by atoms with Gasteiger partial charge in [-0.3, -0.25) is 0 Å². The second-order valence-corrected chi connectivity index (χ2v) is 18.5. The first-order valence-corrected chi connectivity index (χ1v) is 15.6. The van der Waals surface area contributed by atoms with Crippen molar-refractivity contribution in [3.05, 3.63) is 65.7 Å². The molecule has 0 aliphatic rings. The Bertz CT molecular complexity index is 704. The number of para-hydroxylation sites is 1. The smallest absolute Gasteiger partial charge is 0.343 e. The van der Waals surface area contributed by atoms with E-state index in [1.54, 1.807) is 12.1 Å². The van der Waals surface area contributed by atoms with Crippen LogP contribution in [0.2, 0.25) is 39.3 Å². The van der Waals surface area contributed by atoms with Crippen LogP contribution in [-0.4, -0.2) is 26.7 Å². The second kappa shape index (κ2) is 7.68. The van der Waals surface area contributed by atoms with Crippen LogP contribution in [0.15, 0.2) is 54.6 Å². The van der Waals surface area contributed by atoms with Gasteiger partial charge in [0, 0.05) is 6.54 Å². The Morgan fingerprint density at radius 1 is 0.880 bits per heavy atom. The molecule has 0 fully saturated rings. The zero-order valence-electron chi connectivity index (χ0n) is 16.2. The molecular formula is C20H29NO2Si2. The zero-order valence-corrected chi connectivity index (χ0v) is 18.2. The molecule has 0 aliphatic heterocycles. The number of rotatable bonds is 6. The van der Waals surface area contributed by atoms with E-state index in [1.165, 1.54) is 5.56 Å². The van der Waals surface area contributed by atoms with Gasteiger partial charge in [-0.1, -0.05) is 69.6 Å². The van der Waals surface area contributed by atoms with Crippen molar-refractivity contribution >= 4 is 22.4 Å².